The Bertz CT molecular complexity index is 477. The van der Waals surface area contributed by atoms with Gasteiger partial charge in [0.05, 0.1) is 0 Å². The van der Waals surface area contributed by atoms with Crippen molar-refractivity contribution >= 4 is 28.2 Å². The van der Waals surface area contributed by atoms with Crippen LogP contribution in [0.5, 0.6) is 0 Å². The average molecular weight is 300 g/mol. The Kier molecular flexibility index (Phi) is 4.99. The molecule has 0 aliphatic rings. The molecule has 7 heteroatoms. The zero-order chi connectivity index (χ0) is 15.6. The Morgan fingerprint density at radius 1 is 1.35 bits per heavy atom. The molecule has 114 valence electrons. The number of hydrogen-bond acceptors (Lipinski definition) is 6. The van der Waals surface area contributed by atoms with E-state index in [2.05, 4.69) is 15.6 Å². The molecule has 1 aromatic rings. The summed E-state index contributed by atoms with van der Waals surface area (Å²) >= 11 is 1.23. The van der Waals surface area contributed by atoms with Crippen LogP contribution in [-0.2, 0) is 0 Å². The van der Waals surface area contributed by atoms with Gasteiger partial charge in [0.25, 0.3) is 5.91 Å². The summed E-state index contributed by atoms with van der Waals surface area (Å²) in [6.45, 7) is 10.1. The zero-order valence-corrected chi connectivity index (χ0v) is 13.5. The second-order valence-corrected chi connectivity index (χ2v) is 7.61. The van der Waals surface area contributed by atoms with Gasteiger partial charge in [-0.15, -0.1) is 0 Å². The normalized spacial score (nSPS) is 12.3. The number of hydrogen-bond donors (Lipinski definition) is 4. The minimum Gasteiger partial charge on any atom is -0.396 e. The topological polar surface area (TPSA) is 100 Å². The maximum Gasteiger partial charge on any atom is 0.265 e. The summed E-state index contributed by atoms with van der Waals surface area (Å²) in [4.78, 5) is 16.6. The second kappa shape index (κ2) is 5.97. The first kappa shape index (κ1) is 16.7. The van der Waals surface area contributed by atoms with E-state index in [1.807, 2.05) is 34.6 Å². The van der Waals surface area contributed by atoms with Gasteiger partial charge in [0.2, 0.25) is 0 Å². The van der Waals surface area contributed by atoms with Gasteiger partial charge >= 0.3 is 0 Å². The molecular weight excluding hydrogens is 276 g/mol. The number of nitrogens with zero attached hydrogens (tertiary/aromatic N) is 1. The summed E-state index contributed by atoms with van der Waals surface area (Å²) < 4.78 is 0. The van der Waals surface area contributed by atoms with Crippen LogP contribution in [0, 0.1) is 5.41 Å². The van der Waals surface area contributed by atoms with E-state index in [1.54, 1.807) is 0 Å². The number of nitrogen functional groups attached to an aromatic ring is 1. The van der Waals surface area contributed by atoms with Crippen molar-refractivity contribution in [1.82, 2.24) is 10.3 Å². The van der Waals surface area contributed by atoms with Gasteiger partial charge in [-0.3, -0.25) is 4.79 Å². The Balaban J connectivity index is 2.74. The van der Waals surface area contributed by atoms with E-state index in [0.29, 0.717) is 16.6 Å². The molecule has 0 aliphatic carbocycles. The quantitative estimate of drug-likeness (QED) is 0.663. The SMILES string of the molecule is CC(C)(CO)CNC(=O)c1sc(NC(C)(C)C)nc1N. The Morgan fingerprint density at radius 3 is 2.45 bits per heavy atom. The third-order valence-electron chi connectivity index (χ3n) is 2.50. The summed E-state index contributed by atoms with van der Waals surface area (Å²) in [6.07, 6.45) is 0. The van der Waals surface area contributed by atoms with E-state index >= 15 is 0 Å². The minimum atomic E-state index is -0.360. The predicted molar refractivity (Wildman–Crippen MR) is 83.1 cm³/mol. The summed E-state index contributed by atoms with van der Waals surface area (Å²) in [5.74, 6) is -0.0375. The number of thiazole rings is 1. The van der Waals surface area contributed by atoms with Gasteiger partial charge < -0.3 is 21.5 Å². The Labute approximate surface area is 123 Å². The van der Waals surface area contributed by atoms with Crippen molar-refractivity contribution in [3.8, 4) is 0 Å². The molecular formula is C13H24N4O2S. The smallest absolute Gasteiger partial charge is 0.265 e. The number of aliphatic hydroxyl groups is 1. The number of carbonyl (C=O) groups is 1. The van der Waals surface area contributed by atoms with Crippen molar-refractivity contribution in [3.63, 3.8) is 0 Å². The lowest BCUT2D eigenvalue weighted by molar-refractivity contribution is 0.0915. The van der Waals surface area contributed by atoms with Crippen molar-refractivity contribution in [1.29, 1.82) is 0 Å². The molecule has 5 N–H and O–H groups in total. The molecule has 0 bridgehead atoms. The number of aromatic nitrogens is 1. The number of nitrogens with two attached hydrogens (primary N) is 1. The molecule has 0 aromatic carbocycles. The lowest BCUT2D eigenvalue weighted by Gasteiger charge is -2.21. The highest BCUT2D eigenvalue weighted by atomic mass is 32.1. The Hall–Kier alpha value is -1.34. The number of amides is 1. The third kappa shape index (κ3) is 4.97. The van der Waals surface area contributed by atoms with E-state index in [9.17, 15) is 4.79 Å². The summed E-state index contributed by atoms with van der Waals surface area (Å²) in [5, 5.41) is 15.8. The molecule has 1 amide bonds. The molecule has 0 radical (unpaired) electrons. The van der Waals surface area contributed by atoms with Crippen LogP contribution in [0.4, 0.5) is 10.9 Å². The van der Waals surface area contributed by atoms with Gasteiger partial charge in [-0.2, -0.15) is 0 Å². The highest BCUT2D eigenvalue weighted by Crippen LogP contribution is 2.27. The highest BCUT2D eigenvalue weighted by molar-refractivity contribution is 7.18. The first-order chi connectivity index (χ1) is 9.04. The fraction of sp³-hybridized carbons (Fsp3) is 0.692. The highest BCUT2D eigenvalue weighted by Gasteiger charge is 2.22. The summed E-state index contributed by atoms with van der Waals surface area (Å²) in [5.41, 5.74) is 5.28. The molecule has 1 rings (SSSR count). The van der Waals surface area contributed by atoms with Crippen molar-refractivity contribution in [2.75, 3.05) is 24.2 Å². The number of nitrogens with one attached hydrogen (secondary N) is 2. The monoisotopic (exact) mass is 300 g/mol. The van der Waals surface area contributed by atoms with Crippen LogP contribution in [0.2, 0.25) is 0 Å². The number of carbonyl (C=O) groups excluding carboxylic acids is 1. The lowest BCUT2D eigenvalue weighted by atomic mass is 9.95. The van der Waals surface area contributed by atoms with Gasteiger partial charge in [0, 0.05) is 24.1 Å². The van der Waals surface area contributed by atoms with Gasteiger partial charge in [0.1, 0.15) is 10.7 Å². The predicted octanol–water partition coefficient (Wildman–Crippen LogP) is 1.68. The number of rotatable bonds is 5. The van der Waals surface area contributed by atoms with Crippen LogP contribution < -0.4 is 16.4 Å². The summed E-state index contributed by atoms with van der Waals surface area (Å²) in [7, 11) is 0. The number of anilines is 2. The number of aliphatic hydroxyl groups excluding tert-OH is 1. The molecule has 0 saturated heterocycles. The molecule has 1 heterocycles. The standard InChI is InChI=1S/C13H24N4O2S/c1-12(2,3)17-11-16-9(14)8(20-11)10(19)15-6-13(4,5)7-18/h18H,6-7,14H2,1-5H3,(H,15,19)(H,16,17). The molecule has 0 unspecified atom stereocenters. The molecule has 0 fully saturated rings. The maximum atomic E-state index is 12.1. The molecule has 0 aliphatic heterocycles. The zero-order valence-electron chi connectivity index (χ0n) is 12.7. The third-order valence-corrected chi connectivity index (χ3v) is 3.48. The van der Waals surface area contributed by atoms with Gasteiger partial charge in [0.15, 0.2) is 5.13 Å². The van der Waals surface area contributed by atoms with E-state index in [0.717, 1.165) is 0 Å². The fourth-order valence-corrected chi connectivity index (χ4v) is 2.33. The van der Waals surface area contributed by atoms with Gasteiger partial charge in [-0.25, -0.2) is 4.98 Å². The molecule has 6 nitrogen and oxygen atoms in total. The van der Waals surface area contributed by atoms with Crippen LogP contribution in [0.15, 0.2) is 0 Å². The molecule has 0 atom stereocenters. The Morgan fingerprint density at radius 2 is 1.95 bits per heavy atom. The van der Waals surface area contributed by atoms with Gasteiger partial charge in [-0.05, 0) is 20.8 Å². The molecule has 0 saturated carbocycles. The lowest BCUT2D eigenvalue weighted by Crippen LogP contribution is -2.36. The minimum absolute atomic E-state index is 0.00226. The van der Waals surface area contributed by atoms with E-state index < -0.39 is 0 Å². The van der Waals surface area contributed by atoms with Crippen LogP contribution in [0.25, 0.3) is 0 Å². The van der Waals surface area contributed by atoms with Crippen LogP contribution in [0.3, 0.4) is 0 Å². The van der Waals surface area contributed by atoms with E-state index in [4.69, 9.17) is 10.8 Å². The molecule has 0 spiro atoms. The second-order valence-electron chi connectivity index (χ2n) is 6.61. The summed E-state index contributed by atoms with van der Waals surface area (Å²) in [6, 6.07) is 0. The molecule has 20 heavy (non-hydrogen) atoms. The van der Waals surface area contributed by atoms with E-state index in [-0.39, 0.29) is 29.3 Å². The van der Waals surface area contributed by atoms with Crippen molar-refractivity contribution in [2.45, 2.75) is 40.2 Å². The van der Waals surface area contributed by atoms with E-state index in [1.165, 1.54) is 11.3 Å². The van der Waals surface area contributed by atoms with Crippen LogP contribution in [0.1, 0.15) is 44.3 Å². The van der Waals surface area contributed by atoms with Crippen LogP contribution >= 0.6 is 11.3 Å². The van der Waals surface area contributed by atoms with Gasteiger partial charge in [-0.1, -0.05) is 25.2 Å². The first-order valence-electron chi connectivity index (χ1n) is 6.48. The van der Waals surface area contributed by atoms with Crippen LogP contribution in [-0.4, -0.2) is 34.7 Å². The largest absolute Gasteiger partial charge is 0.396 e. The maximum absolute atomic E-state index is 12.1. The fourth-order valence-electron chi connectivity index (χ4n) is 1.32. The average Bonchev–Trinajstić information content (AvgIpc) is 2.65. The van der Waals surface area contributed by atoms with Crippen molar-refractivity contribution < 1.29 is 9.90 Å². The van der Waals surface area contributed by atoms with Crippen molar-refractivity contribution in [2.24, 2.45) is 5.41 Å². The first-order valence-corrected chi connectivity index (χ1v) is 7.29. The van der Waals surface area contributed by atoms with Crippen molar-refractivity contribution in [3.05, 3.63) is 4.88 Å². The molecule has 1 aromatic heterocycles.